The lowest BCUT2D eigenvalue weighted by atomic mass is 10.2. The molecule has 0 saturated carbocycles. The number of ether oxygens (including phenoxy) is 2. The van der Waals surface area contributed by atoms with E-state index in [-0.39, 0.29) is 24.7 Å². The molecule has 180 valence electrons. The van der Waals surface area contributed by atoms with Gasteiger partial charge < -0.3 is 19.2 Å². The molecule has 0 bridgehead atoms. The number of furan rings is 1. The van der Waals surface area contributed by atoms with Gasteiger partial charge in [-0.15, -0.1) is 10.2 Å². The average molecular weight is 487 g/mol. The molecule has 0 unspecified atom stereocenters. The van der Waals surface area contributed by atoms with Crippen molar-refractivity contribution in [3.05, 3.63) is 59.8 Å². The van der Waals surface area contributed by atoms with Gasteiger partial charge in [0.25, 0.3) is 0 Å². The molecule has 1 aromatic carbocycles. The van der Waals surface area contributed by atoms with Crippen LogP contribution in [0.2, 0.25) is 0 Å². The number of thioether (sulfide) groups is 1. The van der Waals surface area contributed by atoms with Gasteiger partial charge in [0, 0.05) is 5.69 Å². The first-order valence-corrected chi connectivity index (χ1v) is 11.8. The third-order valence-electron chi connectivity index (χ3n) is 4.47. The van der Waals surface area contributed by atoms with Crippen molar-refractivity contribution >= 4 is 35.3 Å². The third-order valence-corrected chi connectivity index (χ3v) is 5.44. The van der Waals surface area contributed by atoms with Gasteiger partial charge >= 0.3 is 11.9 Å². The molecule has 34 heavy (non-hydrogen) atoms. The van der Waals surface area contributed by atoms with Crippen LogP contribution in [0, 0.1) is 0 Å². The Kier molecular flexibility index (Phi) is 9.27. The van der Waals surface area contributed by atoms with Crippen molar-refractivity contribution in [1.82, 2.24) is 14.8 Å². The summed E-state index contributed by atoms with van der Waals surface area (Å²) in [5.41, 5.74) is 0.971. The molecule has 0 spiro atoms. The van der Waals surface area contributed by atoms with Crippen molar-refractivity contribution in [2.75, 3.05) is 24.3 Å². The highest BCUT2D eigenvalue weighted by Gasteiger charge is 2.18. The SMILES string of the molecule is CCCOC(=O)c1ccc(NC(=O)CSc2nnc(CC(=O)OCC)n2Cc2ccco2)cc1. The van der Waals surface area contributed by atoms with Gasteiger partial charge in [-0.05, 0) is 49.7 Å². The van der Waals surface area contributed by atoms with Gasteiger partial charge in [0.15, 0.2) is 5.16 Å². The average Bonchev–Trinajstić information content (AvgIpc) is 3.47. The highest BCUT2D eigenvalue weighted by atomic mass is 32.2. The van der Waals surface area contributed by atoms with E-state index >= 15 is 0 Å². The molecular weight excluding hydrogens is 460 g/mol. The maximum absolute atomic E-state index is 12.5. The van der Waals surface area contributed by atoms with E-state index in [0.717, 1.165) is 6.42 Å². The Balaban J connectivity index is 1.61. The summed E-state index contributed by atoms with van der Waals surface area (Å²) in [7, 11) is 0. The number of nitrogens with one attached hydrogen (secondary N) is 1. The number of carbonyl (C=O) groups excluding carboxylic acids is 3. The fraction of sp³-hybridized carbons (Fsp3) is 0.348. The second-order valence-corrected chi connectivity index (χ2v) is 8.04. The molecule has 3 aromatic rings. The number of rotatable bonds is 12. The van der Waals surface area contributed by atoms with Crippen molar-refractivity contribution in [3.63, 3.8) is 0 Å². The highest BCUT2D eigenvalue weighted by Crippen LogP contribution is 2.20. The van der Waals surface area contributed by atoms with Crippen molar-refractivity contribution in [2.45, 2.75) is 38.4 Å². The van der Waals surface area contributed by atoms with Crippen LogP contribution in [-0.2, 0) is 32.0 Å². The van der Waals surface area contributed by atoms with E-state index in [0.29, 0.717) is 41.1 Å². The fourth-order valence-electron chi connectivity index (χ4n) is 2.91. The largest absolute Gasteiger partial charge is 0.467 e. The third kappa shape index (κ3) is 7.20. The predicted molar refractivity (Wildman–Crippen MR) is 125 cm³/mol. The zero-order chi connectivity index (χ0) is 24.3. The molecule has 0 aliphatic rings. The molecule has 2 heterocycles. The minimum atomic E-state index is -0.410. The van der Waals surface area contributed by atoms with E-state index in [1.807, 2.05) is 6.92 Å². The molecule has 0 saturated heterocycles. The summed E-state index contributed by atoms with van der Waals surface area (Å²) in [6.45, 7) is 4.60. The summed E-state index contributed by atoms with van der Waals surface area (Å²) in [6.07, 6.45) is 2.26. The van der Waals surface area contributed by atoms with Crippen LogP contribution in [0.4, 0.5) is 5.69 Å². The van der Waals surface area contributed by atoms with Gasteiger partial charge in [0.1, 0.15) is 18.0 Å². The van der Waals surface area contributed by atoms with Gasteiger partial charge in [0.2, 0.25) is 5.91 Å². The first-order chi connectivity index (χ1) is 16.5. The summed E-state index contributed by atoms with van der Waals surface area (Å²) >= 11 is 1.18. The maximum Gasteiger partial charge on any atom is 0.338 e. The summed E-state index contributed by atoms with van der Waals surface area (Å²) in [5.74, 6) is 0.0790. The lowest BCUT2D eigenvalue weighted by Gasteiger charge is -2.09. The molecular formula is C23H26N4O6S. The van der Waals surface area contributed by atoms with E-state index in [4.69, 9.17) is 13.9 Å². The smallest absolute Gasteiger partial charge is 0.338 e. The van der Waals surface area contributed by atoms with Crippen LogP contribution in [-0.4, -0.2) is 51.6 Å². The van der Waals surface area contributed by atoms with Gasteiger partial charge in [-0.2, -0.15) is 0 Å². The number of aromatic nitrogens is 3. The standard InChI is InChI=1S/C23H26N4O6S/c1-3-11-33-22(30)16-7-9-17(10-8-16)24-20(28)15-34-23-26-25-19(13-21(29)31-4-2)27(23)14-18-6-5-12-32-18/h5-10,12H,3-4,11,13-15H2,1-2H3,(H,24,28). The lowest BCUT2D eigenvalue weighted by Crippen LogP contribution is -2.16. The normalized spacial score (nSPS) is 10.6. The Morgan fingerprint density at radius 3 is 2.56 bits per heavy atom. The minimum Gasteiger partial charge on any atom is -0.467 e. The van der Waals surface area contributed by atoms with Crippen molar-refractivity contribution < 1.29 is 28.3 Å². The van der Waals surface area contributed by atoms with E-state index in [2.05, 4.69) is 15.5 Å². The summed E-state index contributed by atoms with van der Waals surface area (Å²) in [6, 6.07) is 10.0. The Morgan fingerprint density at radius 2 is 1.88 bits per heavy atom. The maximum atomic E-state index is 12.5. The fourth-order valence-corrected chi connectivity index (χ4v) is 3.67. The molecule has 0 aliphatic carbocycles. The molecule has 0 fully saturated rings. The number of nitrogens with zero attached hydrogens (tertiary/aromatic N) is 3. The zero-order valence-corrected chi connectivity index (χ0v) is 19.8. The van der Waals surface area contributed by atoms with Crippen LogP contribution >= 0.6 is 11.8 Å². The number of amides is 1. The number of hydrogen-bond acceptors (Lipinski definition) is 9. The van der Waals surface area contributed by atoms with Crippen LogP contribution in [0.15, 0.2) is 52.2 Å². The number of carbonyl (C=O) groups is 3. The Labute approximate surface area is 201 Å². The molecule has 0 aliphatic heterocycles. The lowest BCUT2D eigenvalue weighted by molar-refractivity contribution is -0.142. The van der Waals surface area contributed by atoms with Crippen molar-refractivity contribution in [3.8, 4) is 0 Å². The van der Waals surface area contributed by atoms with Crippen molar-refractivity contribution in [1.29, 1.82) is 0 Å². The Morgan fingerprint density at radius 1 is 1.09 bits per heavy atom. The summed E-state index contributed by atoms with van der Waals surface area (Å²) in [5, 5.41) is 11.5. The van der Waals surface area contributed by atoms with E-state index in [1.165, 1.54) is 11.8 Å². The molecule has 1 N–H and O–H groups in total. The van der Waals surface area contributed by atoms with Crippen LogP contribution < -0.4 is 5.32 Å². The molecule has 1 amide bonds. The van der Waals surface area contributed by atoms with Crippen LogP contribution in [0.25, 0.3) is 0 Å². The molecule has 10 nitrogen and oxygen atoms in total. The second-order valence-electron chi connectivity index (χ2n) is 7.10. The highest BCUT2D eigenvalue weighted by molar-refractivity contribution is 7.99. The molecule has 3 rings (SSSR count). The van der Waals surface area contributed by atoms with Crippen LogP contribution in [0.1, 0.15) is 42.2 Å². The zero-order valence-electron chi connectivity index (χ0n) is 19.0. The van der Waals surface area contributed by atoms with Gasteiger partial charge in [0.05, 0.1) is 37.3 Å². The Hall–Kier alpha value is -3.60. The number of benzene rings is 1. The van der Waals surface area contributed by atoms with Crippen LogP contribution in [0.5, 0.6) is 0 Å². The second kappa shape index (κ2) is 12.6. The molecule has 2 aromatic heterocycles. The van der Waals surface area contributed by atoms with Gasteiger partial charge in [-0.3, -0.25) is 14.2 Å². The predicted octanol–water partition coefficient (Wildman–Crippen LogP) is 3.32. The minimum absolute atomic E-state index is 0.0403. The summed E-state index contributed by atoms with van der Waals surface area (Å²) < 4.78 is 17.2. The Bertz CT molecular complexity index is 1100. The van der Waals surface area contributed by atoms with E-state index in [1.54, 1.807) is 54.2 Å². The summed E-state index contributed by atoms with van der Waals surface area (Å²) in [4.78, 5) is 36.3. The molecule has 11 heteroatoms. The monoisotopic (exact) mass is 486 g/mol. The van der Waals surface area contributed by atoms with E-state index in [9.17, 15) is 14.4 Å². The van der Waals surface area contributed by atoms with Gasteiger partial charge in [-0.25, -0.2) is 4.79 Å². The molecule has 0 radical (unpaired) electrons. The van der Waals surface area contributed by atoms with Crippen molar-refractivity contribution in [2.24, 2.45) is 0 Å². The number of anilines is 1. The number of hydrogen-bond donors (Lipinski definition) is 1. The molecule has 0 atom stereocenters. The van der Waals surface area contributed by atoms with E-state index < -0.39 is 11.9 Å². The van der Waals surface area contributed by atoms with Gasteiger partial charge in [-0.1, -0.05) is 18.7 Å². The topological polar surface area (TPSA) is 126 Å². The first kappa shape index (κ1) is 25.0. The first-order valence-electron chi connectivity index (χ1n) is 10.8. The number of esters is 2. The quantitative estimate of drug-likeness (QED) is 0.303. The van der Waals surface area contributed by atoms with Crippen LogP contribution in [0.3, 0.4) is 0 Å².